The first-order valence-electron chi connectivity index (χ1n) is 7.68. The number of halogens is 2. The van der Waals surface area contributed by atoms with Gasteiger partial charge >= 0.3 is 0 Å². The lowest BCUT2D eigenvalue weighted by Crippen LogP contribution is -2.40. The smallest absolute Gasteiger partial charge is 0.0589 e. The summed E-state index contributed by atoms with van der Waals surface area (Å²) in [7, 11) is -1.11. The summed E-state index contributed by atoms with van der Waals surface area (Å²) in [4.78, 5) is 0.658. The second kappa shape index (κ2) is 8.52. The maximum Gasteiger partial charge on any atom is 0.0589 e. The molecule has 0 radical (unpaired) electrons. The predicted molar refractivity (Wildman–Crippen MR) is 91.8 cm³/mol. The minimum atomic E-state index is -1.11. The van der Waals surface area contributed by atoms with E-state index in [1.54, 1.807) is 18.2 Å². The summed E-state index contributed by atoms with van der Waals surface area (Å²) in [5, 5.41) is 4.70. The van der Waals surface area contributed by atoms with E-state index in [4.69, 9.17) is 23.2 Å². The third-order valence-corrected chi connectivity index (χ3v) is 6.26. The van der Waals surface area contributed by atoms with Crippen molar-refractivity contribution < 1.29 is 4.21 Å². The van der Waals surface area contributed by atoms with Crippen molar-refractivity contribution in [3.63, 3.8) is 0 Å². The molecule has 1 aromatic rings. The zero-order valence-corrected chi connectivity index (χ0v) is 14.7. The molecule has 0 saturated heterocycles. The van der Waals surface area contributed by atoms with Gasteiger partial charge in [0.2, 0.25) is 0 Å². The van der Waals surface area contributed by atoms with Crippen LogP contribution in [0.3, 0.4) is 0 Å². The monoisotopic (exact) mass is 347 g/mol. The van der Waals surface area contributed by atoms with E-state index in [1.807, 2.05) is 0 Å². The highest BCUT2D eigenvalue weighted by Crippen LogP contribution is 2.30. The second-order valence-electron chi connectivity index (χ2n) is 5.69. The number of rotatable bonds is 7. The molecule has 1 saturated carbocycles. The quantitative estimate of drug-likeness (QED) is 0.776. The van der Waals surface area contributed by atoms with E-state index in [2.05, 4.69) is 12.2 Å². The summed E-state index contributed by atoms with van der Waals surface area (Å²) >= 11 is 12.2. The van der Waals surface area contributed by atoms with Gasteiger partial charge in [0, 0.05) is 16.8 Å². The molecule has 0 amide bonds. The van der Waals surface area contributed by atoms with Gasteiger partial charge < -0.3 is 5.32 Å². The second-order valence-corrected chi connectivity index (χ2v) is 8.00. The van der Waals surface area contributed by atoms with Crippen LogP contribution in [-0.4, -0.2) is 22.5 Å². The lowest BCUT2D eigenvalue weighted by Gasteiger charge is -2.24. The van der Waals surface area contributed by atoms with Gasteiger partial charge in [0.1, 0.15) is 0 Å². The van der Waals surface area contributed by atoms with Crippen LogP contribution in [0.4, 0.5) is 0 Å². The van der Waals surface area contributed by atoms with E-state index in [9.17, 15) is 4.21 Å². The minimum absolute atomic E-state index is 0.309. The van der Waals surface area contributed by atoms with Crippen molar-refractivity contribution in [2.24, 2.45) is 5.92 Å². The Morgan fingerprint density at radius 1 is 1.33 bits per heavy atom. The highest BCUT2D eigenvalue weighted by molar-refractivity contribution is 7.85. The Morgan fingerprint density at radius 3 is 2.71 bits per heavy atom. The summed E-state index contributed by atoms with van der Waals surface area (Å²) in [5.41, 5.74) is 0. The maximum absolute atomic E-state index is 12.7. The average molecular weight is 348 g/mol. The van der Waals surface area contributed by atoms with Gasteiger partial charge in [0.05, 0.1) is 20.7 Å². The Hall–Kier alpha value is -0.0900. The van der Waals surface area contributed by atoms with Crippen LogP contribution in [0.5, 0.6) is 0 Å². The Balaban J connectivity index is 2.07. The van der Waals surface area contributed by atoms with Crippen molar-refractivity contribution in [2.75, 3.05) is 12.3 Å². The zero-order chi connectivity index (χ0) is 15.2. The van der Waals surface area contributed by atoms with E-state index in [1.165, 1.54) is 25.7 Å². The molecule has 0 spiro atoms. The van der Waals surface area contributed by atoms with Gasteiger partial charge in [-0.05, 0) is 49.9 Å². The molecule has 21 heavy (non-hydrogen) atoms. The van der Waals surface area contributed by atoms with Crippen LogP contribution in [-0.2, 0) is 10.8 Å². The van der Waals surface area contributed by atoms with Gasteiger partial charge in [-0.3, -0.25) is 4.21 Å². The summed E-state index contributed by atoms with van der Waals surface area (Å²) in [6, 6.07) is 5.49. The lowest BCUT2D eigenvalue weighted by atomic mass is 10.00. The maximum atomic E-state index is 12.7. The van der Waals surface area contributed by atoms with Gasteiger partial charge in [-0.15, -0.1) is 0 Å². The van der Waals surface area contributed by atoms with Crippen molar-refractivity contribution in [3.8, 4) is 0 Å². The Bertz CT molecular complexity index is 489. The highest BCUT2D eigenvalue weighted by atomic mass is 35.5. The average Bonchev–Trinajstić information content (AvgIpc) is 3.00. The normalized spacial score (nSPS) is 18.8. The summed E-state index contributed by atoms with van der Waals surface area (Å²) in [6.45, 7) is 3.13. The van der Waals surface area contributed by atoms with Gasteiger partial charge in [-0.25, -0.2) is 0 Å². The minimum Gasteiger partial charge on any atom is -0.313 e. The van der Waals surface area contributed by atoms with Gasteiger partial charge in [0.25, 0.3) is 0 Å². The fraction of sp³-hybridized carbons (Fsp3) is 0.625. The SMILES string of the molecule is CCCNC(CS(=O)c1cc(Cl)ccc1Cl)C1CCCC1. The topological polar surface area (TPSA) is 29.1 Å². The van der Waals surface area contributed by atoms with Crippen molar-refractivity contribution in [2.45, 2.75) is 50.0 Å². The molecule has 0 heterocycles. The number of hydrogen-bond donors (Lipinski definition) is 1. The molecule has 1 N–H and O–H groups in total. The summed E-state index contributed by atoms with van der Waals surface area (Å²) < 4.78 is 12.7. The molecule has 2 rings (SSSR count). The molecule has 118 valence electrons. The molecule has 1 aliphatic carbocycles. The van der Waals surface area contributed by atoms with Crippen LogP contribution < -0.4 is 5.32 Å². The van der Waals surface area contributed by atoms with Crippen LogP contribution >= 0.6 is 23.2 Å². The van der Waals surface area contributed by atoms with Gasteiger partial charge in [-0.1, -0.05) is 43.0 Å². The third kappa shape index (κ3) is 4.95. The van der Waals surface area contributed by atoms with Crippen molar-refractivity contribution in [1.29, 1.82) is 0 Å². The molecule has 2 nitrogen and oxygen atoms in total. The molecule has 0 aliphatic heterocycles. The van der Waals surface area contributed by atoms with Crippen LogP contribution in [0.1, 0.15) is 39.0 Å². The first-order chi connectivity index (χ1) is 10.1. The molecule has 1 aromatic carbocycles. The molecule has 0 bridgehead atoms. The number of nitrogens with one attached hydrogen (secondary N) is 1. The lowest BCUT2D eigenvalue weighted by molar-refractivity contribution is 0.385. The molecule has 1 aliphatic rings. The molecule has 2 atom stereocenters. The van der Waals surface area contributed by atoms with Crippen LogP contribution in [0.15, 0.2) is 23.1 Å². The number of benzene rings is 1. The van der Waals surface area contributed by atoms with Gasteiger partial charge in [0.15, 0.2) is 0 Å². The highest BCUT2D eigenvalue weighted by Gasteiger charge is 2.27. The molecule has 5 heteroatoms. The number of hydrogen-bond acceptors (Lipinski definition) is 2. The first kappa shape index (κ1) is 17.3. The van der Waals surface area contributed by atoms with Crippen LogP contribution in [0.2, 0.25) is 10.0 Å². The Kier molecular flexibility index (Phi) is 7.00. The van der Waals surface area contributed by atoms with E-state index in [0.717, 1.165) is 13.0 Å². The Labute approximate surface area is 140 Å². The van der Waals surface area contributed by atoms with E-state index >= 15 is 0 Å². The third-order valence-electron chi connectivity index (χ3n) is 4.09. The molecular formula is C16H23Cl2NOS. The zero-order valence-electron chi connectivity index (χ0n) is 12.4. The van der Waals surface area contributed by atoms with Crippen molar-refractivity contribution in [3.05, 3.63) is 28.2 Å². The van der Waals surface area contributed by atoms with Crippen LogP contribution in [0.25, 0.3) is 0 Å². The molecular weight excluding hydrogens is 325 g/mol. The Morgan fingerprint density at radius 2 is 2.05 bits per heavy atom. The fourth-order valence-electron chi connectivity index (χ4n) is 2.96. The molecule has 1 fully saturated rings. The molecule has 0 aromatic heterocycles. The van der Waals surface area contributed by atoms with Crippen molar-refractivity contribution in [1.82, 2.24) is 5.32 Å². The van der Waals surface area contributed by atoms with Gasteiger partial charge in [-0.2, -0.15) is 0 Å². The van der Waals surface area contributed by atoms with E-state index in [-0.39, 0.29) is 0 Å². The van der Waals surface area contributed by atoms with E-state index < -0.39 is 10.8 Å². The standard InChI is InChI=1S/C16H23Cl2NOS/c1-2-9-19-15(12-5-3-4-6-12)11-21(20)16-10-13(17)7-8-14(16)18/h7-8,10,12,15,19H,2-6,9,11H2,1H3. The largest absolute Gasteiger partial charge is 0.313 e. The van der Waals surface area contributed by atoms with Crippen molar-refractivity contribution >= 4 is 34.0 Å². The van der Waals surface area contributed by atoms with E-state index in [0.29, 0.717) is 32.7 Å². The molecule has 2 unspecified atom stereocenters. The summed E-state index contributed by atoms with van der Waals surface area (Å²) in [6.07, 6.45) is 6.15. The first-order valence-corrected chi connectivity index (χ1v) is 9.76. The van der Waals surface area contributed by atoms with Crippen LogP contribution in [0, 0.1) is 5.92 Å². The fourth-order valence-corrected chi connectivity index (χ4v) is 5.01. The summed E-state index contributed by atoms with van der Waals surface area (Å²) in [5.74, 6) is 1.25. The predicted octanol–water partition coefficient (Wildman–Crippen LogP) is 4.66.